The highest BCUT2D eigenvalue weighted by atomic mass is 35.5. The molecular formula is C23H34ClN3O3. The van der Waals surface area contributed by atoms with Crippen molar-refractivity contribution in [3.8, 4) is 0 Å². The Labute approximate surface area is 184 Å². The van der Waals surface area contributed by atoms with Crippen molar-refractivity contribution in [2.45, 2.75) is 39.7 Å². The monoisotopic (exact) mass is 435 g/mol. The molecule has 3 rings (SSSR count). The number of hydrogen-bond donors (Lipinski definition) is 1. The fourth-order valence-electron chi connectivity index (χ4n) is 4.26. The van der Waals surface area contributed by atoms with Gasteiger partial charge in [-0.25, -0.2) is 0 Å². The predicted molar refractivity (Wildman–Crippen MR) is 118 cm³/mol. The Morgan fingerprint density at radius 3 is 2.57 bits per heavy atom. The van der Waals surface area contributed by atoms with E-state index in [4.69, 9.17) is 16.3 Å². The topological polar surface area (TPSA) is 61.9 Å². The molecule has 0 aromatic heterocycles. The van der Waals surface area contributed by atoms with Crippen molar-refractivity contribution >= 4 is 23.4 Å². The van der Waals surface area contributed by atoms with Gasteiger partial charge in [-0.05, 0) is 24.5 Å². The van der Waals surface area contributed by atoms with Crippen LogP contribution in [0.5, 0.6) is 0 Å². The molecule has 6 nitrogen and oxygen atoms in total. The molecule has 0 spiro atoms. The maximum absolute atomic E-state index is 13.0. The Morgan fingerprint density at radius 2 is 1.90 bits per heavy atom. The van der Waals surface area contributed by atoms with E-state index < -0.39 is 5.41 Å². The van der Waals surface area contributed by atoms with E-state index in [0.717, 1.165) is 38.0 Å². The smallest absolute Gasteiger partial charge is 0.227 e. The van der Waals surface area contributed by atoms with Crippen LogP contribution in [-0.4, -0.2) is 67.6 Å². The highest BCUT2D eigenvalue weighted by Gasteiger charge is 2.34. The summed E-state index contributed by atoms with van der Waals surface area (Å²) in [6, 6.07) is 7.82. The van der Waals surface area contributed by atoms with Crippen LogP contribution in [0.1, 0.15) is 45.2 Å². The highest BCUT2D eigenvalue weighted by Crippen LogP contribution is 2.28. The summed E-state index contributed by atoms with van der Waals surface area (Å²) >= 11 is 6.48. The molecule has 2 atom stereocenters. The minimum Gasteiger partial charge on any atom is -0.379 e. The molecule has 0 aliphatic carbocycles. The van der Waals surface area contributed by atoms with E-state index in [2.05, 4.69) is 10.2 Å². The zero-order valence-corrected chi connectivity index (χ0v) is 19.1. The first-order valence-corrected chi connectivity index (χ1v) is 11.3. The number of nitrogens with zero attached hydrogens (tertiary/aromatic N) is 2. The van der Waals surface area contributed by atoms with Crippen LogP contribution in [0.3, 0.4) is 0 Å². The molecule has 2 aliphatic rings. The second-order valence-corrected chi connectivity index (χ2v) is 9.68. The number of rotatable bonds is 5. The summed E-state index contributed by atoms with van der Waals surface area (Å²) < 4.78 is 5.50. The van der Waals surface area contributed by atoms with E-state index in [0.29, 0.717) is 31.3 Å². The Bertz CT molecular complexity index is 743. The number of halogens is 1. The van der Waals surface area contributed by atoms with Gasteiger partial charge in [-0.2, -0.15) is 0 Å². The van der Waals surface area contributed by atoms with Gasteiger partial charge in [0.1, 0.15) is 0 Å². The minimum absolute atomic E-state index is 0.00227. The van der Waals surface area contributed by atoms with Gasteiger partial charge in [0, 0.05) is 43.2 Å². The van der Waals surface area contributed by atoms with Crippen molar-refractivity contribution in [3.63, 3.8) is 0 Å². The summed E-state index contributed by atoms with van der Waals surface area (Å²) in [5.41, 5.74) is 0.596. The van der Waals surface area contributed by atoms with E-state index in [9.17, 15) is 9.59 Å². The average molecular weight is 436 g/mol. The van der Waals surface area contributed by atoms with Crippen LogP contribution in [0.2, 0.25) is 5.02 Å². The first-order chi connectivity index (χ1) is 14.3. The molecule has 0 saturated carbocycles. The number of carbonyl (C=O) groups is 2. The van der Waals surface area contributed by atoms with Gasteiger partial charge in [0.2, 0.25) is 11.8 Å². The molecular weight excluding hydrogens is 402 g/mol. The number of piperidine rings is 1. The summed E-state index contributed by atoms with van der Waals surface area (Å²) in [7, 11) is 0. The lowest BCUT2D eigenvalue weighted by molar-refractivity contribution is -0.142. The molecule has 2 saturated heterocycles. The molecule has 1 aromatic carbocycles. The minimum atomic E-state index is -0.427. The average Bonchev–Trinajstić information content (AvgIpc) is 2.74. The van der Waals surface area contributed by atoms with Crippen molar-refractivity contribution in [1.29, 1.82) is 0 Å². The van der Waals surface area contributed by atoms with Crippen LogP contribution in [0, 0.1) is 11.3 Å². The fraction of sp³-hybridized carbons (Fsp3) is 0.652. The summed E-state index contributed by atoms with van der Waals surface area (Å²) in [5, 5.41) is 3.87. The lowest BCUT2D eigenvalue weighted by Gasteiger charge is -2.37. The summed E-state index contributed by atoms with van der Waals surface area (Å²) in [5.74, 6) is -0.0318. The van der Waals surface area contributed by atoms with Gasteiger partial charge in [0.05, 0.1) is 25.2 Å². The van der Waals surface area contributed by atoms with Crippen LogP contribution in [-0.2, 0) is 14.3 Å². The molecule has 1 aromatic rings. The quantitative estimate of drug-likeness (QED) is 0.771. The van der Waals surface area contributed by atoms with Crippen molar-refractivity contribution in [2.24, 2.45) is 11.3 Å². The first kappa shape index (κ1) is 23.0. The highest BCUT2D eigenvalue weighted by molar-refractivity contribution is 6.31. The third-order valence-electron chi connectivity index (χ3n) is 5.94. The molecule has 0 radical (unpaired) electrons. The molecule has 0 bridgehead atoms. The van der Waals surface area contributed by atoms with E-state index in [1.165, 1.54) is 0 Å². The van der Waals surface area contributed by atoms with Gasteiger partial charge in [-0.3, -0.25) is 14.5 Å². The lowest BCUT2D eigenvalue weighted by atomic mass is 9.91. The summed E-state index contributed by atoms with van der Waals surface area (Å²) in [6.45, 7) is 10.5. The van der Waals surface area contributed by atoms with Crippen LogP contribution in [0.4, 0.5) is 0 Å². The number of morpholine rings is 1. The number of benzene rings is 1. The third-order valence-corrected chi connectivity index (χ3v) is 6.29. The first-order valence-electron chi connectivity index (χ1n) is 10.9. The lowest BCUT2D eigenvalue weighted by Crippen LogP contribution is -2.50. The second-order valence-electron chi connectivity index (χ2n) is 9.27. The molecule has 30 heavy (non-hydrogen) atoms. The second kappa shape index (κ2) is 10.1. The standard InChI is InChI=1S/C23H34ClN3O3/c1-23(2,3)22(29)27-10-6-7-17(16-27)21(28)25-15-20(26-11-13-30-14-12-26)18-8-4-5-9-19(18)24/h4-5,8-9,17,20H,6-7,10-16H2,1-3H3,(H,25,28). The van der Waals surface area contributed by atoms with E-state index in [1.807, 2.05) is 49.9 Å². The number of ether oxygens (including phenoxy) is 1. The summed E-state index contributed by atoms with van der Waals surface area (Å²) in [4.78, 5) is 29.8. The van der Waals surface area contributed by atoms with Crippen molar-refractivity contribution in [2.75, 3.05) is 45.9 Å². The van der Waals surface area contributed by atoms with Gasteiger partial charge in [-0.15, -0.1) is 0 Å². The van der Waals surface area contributed by atoms with Gasteiger partial charge in [-0.1, -0.05) is 50.6 Å². The molecule has 2 unspecified atom stereocenters. The Morgan fingerprint density at radius 1 is 1.20 bits per heavy atom. The normalized spacial score (nSPS) is 21.9. The van der Waals surface area contributed by atoms with Crippen LogP contribution < -0.4 is 5.32 Å². The van der Waals surface area contributed by atoms with Crippen LogP contribution in [0.15, 0.2) is 24.3 Å². The number of hydrogen-bond acceptors (Lipinski definition) is 4. The summed E-state index contributed by atoms with van der Waals surface area (Å²) in [6.07, 6.45) is 1.67. The van der Waals surface area contributed by atoms with E-state index >= 15 is 0 Å². The van der Waals surface area contributed by atoms with Gasteiger partial charge >= 0.3 is 0 Å². The molecule has 1 N–H and O–H groups in total. The maximum atomic E-state index is 13.0. The Balaban J connectivity index is 1.65. The van der Waals surface area contributed by atoms with Gasteiger partial charge in [0.25, 0.3) is 0 Å². The predicted octanol–water partition coefficient (Wildman–Crippen LogP) is 3.11. The molecule has 7 heteroatoms. The van der Waals surface area contributed by atoms with Crippen LogP contribution in [0.25, 0.3) is 0 Å². The largest absolute Gasteiger partial charge is 0.379 e. The van der Waals surface area contributed by atoms with E-state index in [1.54, 1.807) is 0 Å². The molecule has 2 aliphatic heterocycles. The molecule has 166 valence electrons. The maximum Gasteiger partial charge on any atom is 0.227 e. The van der Waals surface area contributed by atoms with Crippen molar-refractivity contribution in [3.05, 3.63) is 34.9 Å². The van der Waals surface area contributed by atoms with Gasteiger partial charge < -0.3 is 15.0 Å². The van der Waals surface area contributed by atoms with E-state index in [-0.39, 0.29) is 23.8 Å². The zero-order valence-electron chi connectivity index (χ0n) is 18.3. The van der Waals surface area contributed by atoms with Crippen LogP contribution >= 0.6 is 11.6 Å². The zero-order chi connectivity index (χ0) is 21.7. The molecule has 2 amide bonds. The number of nitrogens with one attached hydrogen (secondary N) is 1. The number of likely N-dealkylation sites (tertiary alicyclic amines) is 1. The molecule has 2 heterocycles. The number of carbonyl (C=O) groups excluding carboxylic acids is 2. The number of amides is 2. The van der Waals surface area contributed by atoms with Crippen molar-refractivity contribution < 1.29 is 14.3 Å². The SMILES string of the molecule is CC(C)(C)C(=O)N1CCCC(C(=O)NCC(c2ccccc2Cl)N2CCOCC2)C1. The van der Waals surface area contributed by atoms with Gasteiger partial charge in [0.15, 0.2) is 0 Å². The third kappa shape index (κ3) is 5.74. The molecule has 2 fully saturated rings. The van der Waals surface area contributed by atoms with Crippen molar-refractivity contribution in [1.82, 2.24) is 15.1 Å². The fourth-order valence-corrected chi connectivity index (χ4v) is 4.52. The Kier molecular flexibility index (Phi) is 7.77. The Hall–Kier alpha value is -1.63.